The van der Waals surface area contributed by atoms with Gasteiger partial charge in [-0.25, -0.2) is 4.39 Å². The van der Waals surface area contributed by atoms with Crippen molar-refractivity contribution in [2.75, 3.05) is 0 Å². The van der Waals surface area contributed by atoms with Crippen LogP contribution in [0.3, 0.4) is 0 Å². The molecule has 102 valence electrons. The lowest BCUT2D eigenvalue weighted by Gasteiger charge is -2.12. The van der Waals surface area contributed by atoms with Crippen molar-refractivity contribution in [1.29, 1.82) is 0 Å². The number of hydrogen-bond donors (Lipinski definition) is 0. The zero-order valence-corrected chi connectivity index (χ0v) is 12.6. The third-order valence-electron chi connectivity index (χ3n) is 4.03. The Morgan fingerprint density at radius 3 is 2.32 bits per heavy atom. The summed E-state index contributed by atoms with van der Waals surface area (Å²) in [5, 5.41) is 1.23. The van der Waals surface area contributed by atoms with Gasteiger partial charge in [0.25, 0.3) is 0 Å². The smallest absolute Gasteiger partial charge is 0.100 e. The summed E-state index contributed by atoms with van der Waals surface area (Å²) in [6.45, 7) is 12.0. The van der Waals surface area contributed by atoms with Crippen LogP contribution in [0.15, 0.2) is 24.0 Å². The molecule has 0 spiro atoms. The largest absolute Gasteiger partial charge is 0.342 e. The summed E-state index contributed by atoms with van der Waals surface area (Å²) in [5.74, 6) is -0.114. The van der Waals surface area contributed by atoms with E-state index in [1.54, 1.807) is 0 Å². The number of nitrogens with zero attached hydrogens (tertiary/aromatic N) is 1. The van der Waals surface area contributed by atoms with Crippen molar-refractivity contribution in [3.8, 4) is 0 Å². The Kier molecular flexibility index (Phi) is 3.53. The Balaban J connectivity index is 2.76. The first-order valence-electron chi connectivity index (χ1n) is 6.79. The summed E-state index contributed by atoms with van der Waals surface area (Å²) in [6.07, 6.45) is 0. The number of rotatable bonds is 2. The second-order valence-electron chi connectivity index (χ2n) is 5.56. The van der Waals surface area contributed by atoms with Crippen molar-refractivity contribution < 1.29 is 4.39 Å². The molecule has 0 saturated carbocycles. The molecule has 0 N–H and O–H groups in total. The molecule has 0 atom stereocenters. The zero-order chi connectivity index (χ0) is 14.3. The van der Waals surface area contributed by atoms with Crippen LogP contribution in [-0.2, 0) is 0 Å². The Hall–Kier alpha value is -1.57. The SMILES string of the molecule is C/C(F)=C(/C)c1ccc2c(c1)c(C)c(C)n2C(C)C. The van der Waals surface area contributed by atoms with Crippen LogP contribution < -0.4 is 0 Å². The van der Waals surface area contributed by atoms with Crippen LogP contribution in [0.2, 0.25) is 0 Å². The van der Waals surface area contributed by atoms with Crippen LogP contribution in [0.4, 0.5) is 4.39 Å². The molecule has 1 nitrogen and oxygen atoms in total. The van der Waals surface area contributed by atoms with Crippen LogP contribution in [-0.4, -0.2) is 4.57 Å². The fourth-order valence-corrected chi connectivity index (χ4v) is 2.70. The van der Waals surface area contributed by atoms with Crippen LogP contribution in [0.1, 0.15) is 50.6 Å². The highest BCUT2D eigenvalue weighted by atomic mass is 19.1. The molecule has 0 amide bonds. The molecule has 1 aromatic carbocycles. The minimum absolute atomic E-state index is 0.114. The summed E-state index contributed by atoms with van der Waals surface area (Å²) in [4.78, 5) is 0. The lowest BCUT2D eigenvalue weighted by atomic mass is 10.0. The van der Waals surface area contributed by atoms with Crippen molar-refractivity contribution in [2.24, 2.45) is 0 Å². The van der Waals surface area contributed by atoms with E-state index in [0.29, 0.717) is 6.04 Å². The third-order valence-corrected chi connectivity index (χ3v) is 4.03. The molecule has 0 aliphatic rings. The van der Waals surface area contributed by atoms with Crippen molar-refractivity contribution >= 4 is 16.5 Å². The maximum atomic E-state index is 13.4. The average Bonchev–Trinajstić information content (AvgIpc) is 2.60. The summed E-state index contributed by atoms with van der Waals surface area (Å²) >= 11 is 0. The minimum Gasteiger partial charge on any atom is -0.342 e. The standard InChI is InChI=1S/C17H22FN/c1-10(2)19-14(6)12(4)16-9-15(7-8-17(16)19)11(3)13(5)18/h7-10H,1-6H3/b13-11+. The number of halogens is 1. The van der Waals surface area contributed by atoms with E-state index in [0.717, 1.165) is 11.1 Å². The normalized spacial score (nSPS) is 13.3. The number of hydrogen-bond acceptors (Lipinski definition) is 0. The monoisotopic (exact) mass is 259 g/mol. The molecule has 0 unspecified atom stereocenters. The van der Waals surface area contributed by atoms with Gasteiger partial charge >= 0.3 is 0 Å². The first kappa shape index (κ1) is 13.9. The van der Waals surface area contributed by atoms with Crippen LogP contribution >= 0.6 is 0 Å². The van der Waals surface area contributed by atoms with Crippen molar-refractivity contribution in [2.45, 2.75) is 47.6 Å². The number of allylic oxidation sites excluding steroid dienone is 2. The first-order chi connectivity index (χ1) is 8.84. The number of aryl methyl sites for hydroxylation is 1. The Morgan fingerprint density at radius 1 is 1.16 bits per heavy atom. The minimum atomic E-state index is -0.114. The van der Waals surface area contributed by atoms with Gasteiger partial charge < -0.3 is 4.57 Å². The molecule has 19 heavy (non-hydrogen) atoms. The molecule has 2 heteroatoms. The summed E-state index contributed by atoms with van der Waals surface area (Å²) < 4.78 is 15.7. The van der Waals surface area contributed by atoms with E-state index in [1.165, 1.54) is 29.1 Å². The highest BCUT2D eigenvalue weighted by Crippen LogP contribution is 2.31. The summed E-state index contributed by atoms with van der Waals surface area (Å²) in [7, 11) is 0. The summed E-state index contributed by atoms with van der Waals surface area (Å²) in [6, 6.07) is 6.66. The van der Waals surface area contributed by atoms with Gasteiger partial charge in [0.15, 0.2) is 0 Å². The molecular formula is C17H22FN. The Labute approximate surface area is 114 Å². The van der Waals surface area contributed by atoms with Gasteiger partial charge in [-0.05, 0) is 70.4 Å². The third kappa shape index (κ3) is 2.20. The van der Waals surface area contributed by atoms with E-state index >= 15 is 0 Å². The van der Waals surface area contributed by atoms with E-state index in [-0.39, 0.29) is 5.83 Å². The van der Waals surface area contributed by atoms with Gasteiger partial charge in [0.1, 0.15) is 5.83 Å². The first-order valence-corrected chi connectivity index (χ1v) is 6.79. The molecular weight excluding hydrogens is 237 g/mol. The van der Waals surface area contributed by atoms with Crippen molar-refractivity contribution in [1.82, 2.24) is 4.57 Å². The second kappa shape index (κ2) is 4.84. The molecule has 0 aliphatic heterocycles. The van der Waals surface area contributed by atoms with Gasteiger partial charge in [0.05, 0.1) is 0 Å². The number of fused-ring (bicyclic) bond motifs is 1. The molecule has 0 bridgehead atoms. The molecule has 0 fully saturated rings. The van der Waals surface area contributed by atoms with E-state index in [2.05, 4.69) is 44.4 Å². The zero-order valence-electron chi connectivity index (χ0n) is 12.6. The Bertz CT molecular complexity index is 655. The molecule has 2 aromatic rings. The number of aromatic nitrogens is 1. The molecule has 1 heterocycles. The molecule has 0 aliphatic carbocycles. The fraction of sp³-hybridized carbons (Fsp3) is 0.412. The van der Waals surface area contributed by atoms with Gasteiger partial charge in [-0.1, -0.05) is 6.07 Å². The van der Waals surface area contributed by atoms with E-state index in [9.17, 15) is 4.39 Å². The van der Waals surface area contributed by atoms with E-state index in [4.69, 9.17) is 0 Å². The van der Waals surface area contributed by atoms with Gasteiger partial charge in [-0.3, -0.25) is 0 Å². The van der Waals surface area contributed by atoms with Gasteiger partial charge in [0.2, 0.25) is 0 Å². The van der Waals surface area contributed by atoms with E-state index in [1.807, 2.05) is 13.0 Å². The average molecular weight is 259 g/mol. The lowest BCUT2D eigenvalue weighted by Crippen LogP contribution is -2.02. The second-order valence-corrected chi connectivity index (χ2v) is 5.56. The maximum absolute atomic E-state index is 13.4. The van der Waals surface area contributed by atoms with Crippen LogP contribution in [0, 0.1) is 13.8 Å². The van der Waals surface area contributed by atoms with Gasteiger partial charge in [-0.2, -0.15) is 0 Å². The summed E-state index contributed by atoms with van der Waals surface area (Å²) in [5.41, 5.74) is 5.50. The predicted octanol–water partition coefficient (Wildman–Crippen LogP) is 5.56. The van der Waals surface area contributed by atoms with E-state index < -0.39 is 0 Å². The lowest BCUT2D eigenvalue weighted by molar-refractivity contribution is 0.606. The predicted molar refractivity (Wildman–Crippen MR) is 81.2 cm³/mol. The maximum Gasteiger partial charge on any atom is 0.100 e. The van der Waals surface area contributed by atoms with Crippen LogP contribution in [0.5, 0.6) is 0 Å². The van der Waals surface area contributed by atoms with Crippen molar-refractivity contribution in [3.63, 3.8) is 0 Å². The topological polar surface area (TPSA) is 4.93 Å². The van der Waals surface area contributed by atoms with Gasteiger partial charge in [0, 0.05) is 22.6 Å². The molecule has 1 aromatic heterocycles. The van der Waals surface area contributed by atoms with Crippen molar-refractivity contribution in [3.05, 3.63) is 40.8 Å². The Morgan fingerprint density at radius 2 is 1.79 bits per heavy atom. The number of benzene rings is 1. The van der Waals surface area contributed by atoms with Crippen LogP contribution in [0.25, 0.3) is 16.5 Å². The quantitative estimate of drug-likeness (QED) is 0.665. The molecule has 0 saturated heterocycles. The highest BCUT2D eigenvalue weighted by molar-refractivity contribution is 5.88. The highest BCUT2D eigenvalue weighted by Gasteiger charge is 2.14. The molecule has 0 radical (unpaired) electrons. The fourth-order valence-electron chi connectivity index (χ4n) is 2.70. The molecule has 2 rings (SSSR count). The van der Waals surface area contributed by atoms with Gasteiger partial charge in [-0.15, -0.1) is 0 Å².